The van der Waals surface area contributed by atoms with Gasteiger partial charge in [-0.15, -0.1) is 0 Å². The Morgan fingerprint density at radius 3 is 1.51 bits per heavy atom. The summed E-state index contributed by atoms with van der Waals surface area (Å²) in [4.78, 5) is 31.4. The number of rotatable bonds is 16. The Morgan fingerprint density at radius 2 is 1.15 bits per heavy atom. The summed E-state index contributed by atoms with van der Waals surface area (Å²) >= 11 is 0. The van der Waals surface area contributed by atoms with Gasteiger partial charge in [0.15, 0.2) is 0 Å². The van der Waals surface area contributed by atoms with Crippen molar-refractivity contribution in [1.29, 1.82) is 0 Å². The van der Waals surface area contributed by atoms with E-state index in [0.29, 0.717) is 51.0 Å². The van der Waals surface area contributed by atoms with Gasteiger partial charge in [0.25, 0.3) is 0 Å². The summed E-state index contributed by atoms with van der Waals surface area (Å²) in [5.74, 6) is 1.09. The minimum atomic E-state index is -0.194. The smallest absolute Gasteiger partial charge is 0.219 e. The number of carbonyl (C=O) groups is 3. The van der Waals surface area contributed by atoms with Crippen molar-refractivity contribution in [2.75, 3.05) is 33.5 Å². The molecule has 0 rings (SSSR count). The van der Waals surface area contributed by atoms with Crippen molar-refractivity contribution in [2.45, 2.75) is 147 Å². The lowest BCUT2D eigenvalue weighted by molar-refractivity contribution is -0.122. The first-order valence-electron chi connectivity index (χ1n) is 14.6. The van der Waals surface area contributed by atoms with Crippen LogP contribution in [0.2, 0.25) is 0 Å². The van der Waals surface area contributed by atoms with Gasteiger partial charge in [0.1, 0.15) is 11.6 Å². The number of Topliss-reactive ketones (excluding diaryl/α,β-unsaturated/α-hetero) is 2. The molecule has 39 heavy (non-hydrogen) atoms. The fourth-order valence-corrected chi connectivity index (χ4v) is 2.05. The SMILES string of the molecule is CC(=O)CCC(C)=O.CC(C)(C)C.CC(C)C.CCC(=O)NCCCOCCC(C)(C)OCCC(C)(C)OC. The normalized spacial score (nSPS) is 11.3. The Kier molecular flexibility index (Phi) is 29.4. The van der Waals surface area contributed by atoms with E-state index in [1.165, 1.54) is 13.8 Å². The second-order valence-corrected chi connectivity index (χ2v) is 13.4. The predicted molar refractivity (Wildman–Crippen MR) is 165 cm³/mol. The molecule has 0 atom stereocenters. The Labute approximate surface area is 242 Å². The van der Waals surface area contributed by atoms with Gasteiger partial charge in [0.05, 0.1) is 17.8 Å². The lowest BCUT2D eigenvalue weighted by atomic mass is 10.0. The molecular formula is C32H67NO6. The topological polar surface area (TPSA) is 90.9 Å². The standard InChI is InChI=1S/C17H35NO4.C6H10O2.C5H12.C4H10/c1-7-15(19)18-11-8-12-21-13-9-17(4,5)22-14-10-16(2,3)20-6;1-5(7)3-4-6(2)8;1-5(2,3)4;1-4(2)3/h7-14H2,1-6H3,(H,18,19);3-4H2,1-2H3;1-4H3;4H,1-3H3. The molecule has 1 amide bonds. The number of carbonyl (C=O) groups excluding carboxylic acids is 3. The fourth-order valence-electron chi connectivity index (χ4n) is 2.05. The van der Waals surface area contributed by atoms with Crippen LogP contribution in [0.4, 0.5) is 0 Å². The van der Waals surface area contributed by atoms with E-state index in [1.807, 2.05) is 6.92 Å². The summed E-state index contributed by atoms with van der Waals surface area (Å²) in [6.07, 6.45) is 3.89. The van der Waals surface area contributed by atoms with Gasteiger partial charge in [-0.1, -0.05) is 55.4 Å². The molecule has 0 aromatic rings. The lowest BCUT2D eigenvalue weighted by Crippen LogP contribution is -2.31. The largest absolute Gasteiger partial charge is 0.381 e. The Hall–Kier alpha value is -1.31. The number of nitrogens with one attached hydrogen (secondary N) is 1. The zero-order valence-electron chi connectivity index (χ0n) is 28.6. The maximum absolute atomic E-state index is 11.0. The van der Waals surface area contributed by atoms with Crippen LogP contribution in [0, 0.1) is 11.3 Å². The van der Waals surface area contributed by atoms with Crippen LogP contribution in [0.25, 0.3) is 0 Å². The van der Waals surface area contributed by atoms with Gasteiger partial charge in [-0.25, -0.2) is 0 Å². The van der Waals surface area contributed by atoms with Gasteiger partial charge in [-0.05, 0) is 72.1 Å². The van der Waals surface area contributed by atoms with Gasteiger partial charge in [0, 0.05) is 46.1 Å². The van der Waals surface area contributed by atoms with Crippen LogP contribution in [0.3, 0.4) is 0 Å². The Balaban J connectivity index is -0.000000291. The fraction of sp³-hybridized carbons (Fsp3) is 0.906. The predicted octanol–water partition coefficient (Wildman–Crippen LogP) is 7.58. The van der Waals surface area contributed by atoms with E-state index in [1.54, 1.807) is 7.11 Å². The number of hydrogen-bond donors (Lipinski definition) is 1. The molecule has 0 aliphatic heterocycles. The number of hydrogen-bond acceptors (Lipinski definition) is 6. The molecule has 0 aliphatic carbocycles. The molecule has 0 bridgehead atoms. The average Bonchev–Trinajstić information content (AvgIpc) is 2.75. The first kappa shape index (κ1) is 44.7. The lowest BCUT2D eigenvalue weighted by Gasteiger charge is -2.28. The molecule has 0 aliphatic rings. The van der Waals surface area contributed by atoms with Crippen LogP contribution in [0.15, 0.2) is 0 Å². The molecule has 236 valence electrons. The molecule has 0 saturated heterocycles. The van der Waals surface area contributed by atoms with E-state index in [-0.39, 0.29) is 28.7 Å². The highest BCUT2D eigenvalue weighted by atomic mass is 16.5. The number of methoxy groups -OCH3 is 1. The van der Waals surface area contributed by atoms with E-state index in [9.17, 15) is 14.4 Å². The third-order valence-corrected chi connectivity index (χ3v) is 4.54. The molecule has 7 heteroatoms. The highest BCUT2D eigenvalue weighted by Gasteiger charge is 2.21. The zero-order valence-corrected chi connectivity index (χ0v) is 28.6. The molecule has 0 spiro atoms. The van der Waals surface area contributed by atoms with Crippen LogP contribution >= 0.6 is 0 Å². The van der Waals surface area contributed by atoms with Crippen molar-refractivity contribution in [3.63, 3.8) is 0 Å². The van der Waals surface area contributed by atoms with Gasteiger partial charge in [0.2, 0.25) is 5.91 Å². The van der Waals surface area contributed by atoms with Crippen LogP contribution in [-0.4, -0.2) is 62.2 Å². The first-order chi connectivity index (χ1) is 17.6. The molecule has 0 radical (unpaired) electrons. The summed E-state index contributed by atoms with van der Waals surface area (Å²) < 4.78 is 16.9. The second kappa shape index (κ2) is 25.6. The number of amides is 1. The number of ether oxygens (including phenoxy) is 3. The third kappa shape index (κ3) is 57.6. The van der Waals surface area contributed by atoms with E-state index in [2.05, 4.69) is 81.5 Å². The number of ketones is 2. The van der Waals surface area contributed by atoms with Crippen LogP contribution in [-0.2, 0) is 28.6 Å². The average molecular weight is 562 g/mol. The van der Waals surface area contributed by atoms with Gasteiger partial charge >= 0.3 is 0 Å². The van der Waals surface area contributed by atoms with Crippen LogP contribution in [0.1, 0.15) is 135 Å². The third-order valence-electron chi connectivity index (χ3n) is 4.54. The highest BCUT2D eigenvalue weighted by molar-refractivity contribution is 5.83. The molecule has 0 unspecified atom stereocenters. The molecule has 7 nitrogen and oxygen atoms in total. The summed E-state index contributed by atoms with van der Waals surface area (Å²) in [7, 11) is 1.72. The summed E-state index contributed by atoms with van der Waals surface area (Å²) in [5.41, 5.74) is 0.162. The van der Waals surface area contributed by atoms with E-state index >= 15 is 0 Å². The maximum Gasteiger partial charge on any atom is 0.219 e. The molecule has 0 heterocycles. The zero-order chi connectivity index (χ0) is 31.7. The molecule has 0 aromatic heterocycles. The summed E-state index contributed by atoms with van der Waals surface area (Å²) in [5, 5.41) is 2.83. The quantitative estimate of drug-likeness (QED) is 0.195. The second-order valence-electron chi connectivity index (χ2n) is 13.4. The first-order valence-corrected chi connectivity index (χ1v) is 14.6. The van der Waals surface area contributed by atoms with Gasteiger partial charge < -0.3 is 29.1 Å². The van der Waals surface area contributed by atoms with E-state index in [4.69, 9.17) is 14.2 Å². The minimum absolute atomic E-state index is 0.0835. The minimum Gasteiger partial charge on any atom is -0.381 e. The van der Waals surface area contributed by atoms with Crippen molar-refractivity contribution in [3.05, 3.63) is 0 Å². The van der Waals surface area contributed by atoms with Crippen LogP contribution in [0.5, 0.6) is 0 Å². The van der Waals surface area contributed by atoms with Crippen molar-refractivity contribution in [1.82, 2.24) is 5.32 Å². The van der Waals surface area contributed by atoms with E-state index in [0.717, 1.165) is 25.2 Å². The van der Waals surface area contributed by atoms with Crippen molar-refractivity contribution in [3.8, 4) is 0 Å². The molecule has 0 aromatic carbocycles. The summed E-state index contributed by atoms with van der Waals surface area (Å²) in [6, 6.07) is 0. The Morgan fingerprint density at radius 1 is 0.744 bits per heavy atom. The molecular weight excluding hydrogens is 494 g/mol. The van der Waals surface area contributed by atoms with Crippen LogP contribution < -0.4 is 5.32 Å². The van der Waals surface area contributed by atoms with Gasteiger partial charge in [-0.2, -0.15) is 0 Å². The Bertz CT molecular complexity index is 584. The van der Waals surface area contributed by atoms with E-state index < -0.39 is 0 Å². The summed E-state index contributed by atoms with van der Waals surface area (Å²) in [6.45, 7) is 31.0. The van der Waals surface area contributed by atoms with Crippen molar-refractivity contribution in [2.24, 2.45) is 11.3 Å². The molecule has 0 saturated carbocycles. The van der Waals surface area contributed by atoms with Crippen molar-refractivity contribution >= 4 is 17.5 Å². The van der Waals surface area contributed by atoms with Gasteiger partial charge in [-0.3, -0.25) is 4.79 Å². The maximum atomic E-state index is 11.0. The monoisotopic (exact) mass is 561 g/mol. The van der Waals surface area contributed by atoms with Crippen molar-refractivity contribution < 1.29 is 28.6 Å². The highest BCUT2D eigenvalue weighted by Crippen LogP contribution is 2.18. The molecule has 0 fully saturated rings. The molecule has 1 N–H and O–H groups in total.